The van der Waals surface area contributed by atoms with Crippen molar-refractivity contribution in [2.75, 3.05) is 39.3 Å². The minimum Gasteiger partial charge on any atom is -0.301 e. The number of nitrogens with zero attached hydrogens (tertiary/aromatic N) is 3. The normalized spacial score (nSPS) is 17.2. The van der Waals surface area contributed by atoms with Gasteiger partial charge in [0.2, 0.25) is 0 Å². The van der Waals surface area contributed by atoms with Crippen LogP contribution in [0.4, 0.5) is 0 Å². The number of nitriles is 1. The molecule has 1 aromatic carbocycles. The molecule has 0 spiro atoms. The molecule has 1 heterocycles. The highest BCUT2D eigenvalue weighted by Gasteiger charge is 2.15. The molecule has 0 amide bonds. The van der Waals surface area contributed by atoms with Crippen LogP contribution in [0.2, 0.25) is 0 Å². The van der Waals surface area contributed by atoms with Crippen LogP contribution in [0.15, 0.2) is 30.3 Å². The van der Waals surface area contributed by atoms with Crippen LogP contribution in [0.3, 0.4) is 0 Å². The van der Waals surface area contributed by atoms with Gasteiger partial charge in [-0.1, -0.05) is 30.3 Å². The van der Waals surface area contributed by atoms with E-state index in [0.29, 0.717) is 6.54 Å². The lowest BCUT2D eigenvalue weighted by Gasteiger charge is -2.33. The SMILES string of the molecule is N#CCN1CCN(CCCCc2ccccc2)CC1. The molecule has 1 aromatic rings. The van der Waals surface area contributed by atoms with Gasteiger partial charge in [0.05, 0.1) is 12.6 Å². The second-order valence-electron chi connectivity index (χ2n) is 5.22. The van der Waals surface area contributed by atoms with Gasteiger partial charge in [0.25, 0.3) is 0 Å². The quantitative estimate of drug-likeness (QED) is 0.578. The summed E-state index contributed by atoms with van der Waals surface area (Å²) in [6, 6.07) is 13.0. The van der Waals surface area contributed by atoms with Crippen molar-refractivity contribution in [1.29, 1.82) is 5.26 Å². The van der Waals surface area contributed by atoms with E-state index in [1.807, 2.05) is 0 Å². The smallest absolute Gasteiger partial charge is 0.0866 e. The number of aryl methyl sites for hydroxylation is 1. The van der Waals surface area contributed by atoms with E-state index in [1.165, 1.54) is 31.4 Å². The van der Waals surface area contributed by atoms with Crippen LogP contribution in [0, 0.1) is 11.3 Å². The topological polar surface area (TPSA) is 30.3 Å². The Labute approximate surface area is 116 Å². The van der Waals surface area contributed by atoms with Crippen molar-refractivity contribution in [3.05, 3.63) is 35.9 Å². The number of hydrogen-bond donors (Lipinski definition) is 0. The Hall–Kier alpha value is -1.37. The Morgan fingerprint density at radius 1 is 0.947 bits per heavy atom. The maximum absolute atomic E-state index is 8.66. The lowest BCUT2D eigenvalue weighted by molar-refractivity contribution is 0.142. The molecule has 0 aromatic heterocycles. The van der Waals surface area contributed by atoms with Crippen molar-refractivity contribution < 1.29 is 0 Å². The third-order valence-corrected chi connectivity index (χ3v) is 3.79. The molecular formula is C16H23N3. The standard InChI is InChI=1S/C16H23N3/c17-9-11-19-14-12-18(13-15-19)10-5-4-8-16-6-2-1-3-7-16/h1-3,6-7H,4-5,8,10-15H2. The summed E-state index contributed by atoms with van der Waals surface area (Å²) in [5.74, 6) is 0. The molecular weight excluding hydrogens is 234 g/mol. The van der Waals surface area contributed by atoms with E-state index in [2.05, 4.69) is 46.2 Å². The van der Waals surface area contributed by atoms with Crippen LogP contribution in [-0.2, 0) is 6.42 Å². The third kappa shape index (κ3) is 5.02. The van der Waals surface area contributed by atoms with Gasteiger partial charge in [-0.15, -0.1) is 0 Å². The Morgan fingerprint density at radius 2 is 1.63 bits per heavy atom. The van der Waals surface area contributed by atoms with Gasteiger partial charge in [-0.05, 0) is 31.4 Å². The van der Waals surface area contributed by atoms with Crippen molar-refractivity contribution in [1.82, 2.24) is 9.80 Å². The largest absolute Gasteiger partial charge is 0.301 e. The minimum absolute atomic E-state index is 0.585. The molecule has 0 N–H and O–H groups in total. The van der Waals surface area contributed by atoms with E-state index in [0.717, 1.165) is 26.2 Å². The van der Waals surface area contributed by atoms with Crippen LogP contribution in [0.1, 0.15) is 18.4 Å². The maximum Gasteiger partial charge on any atom is 0.0866 e. The van der Waals surface area contributed by atoms with E-state index in [-0.39, 0.29) is 0 Å². The molecule has 1 aliphatic heterocycles. The van der Waals surface area contributed by atoms with Gasteiger partial charge in [-0.25, -0.2) is 0 Å². The highest BCUT2D eigenvalue weighted by atomic mass is 15.3. The van der Waals surface area contributed by atoms with E-state index in [9.17, 15) is 0 Å². The first kappa shape index (κ1) is 14.0. The van der Waals surface area contributed by atoms with Crippen molar-refractivity contribution in [2.45, 2.75) is 19.3 Å². The predicted molar refractivity (Wildman–Crippen MR) is 77.9 cm³/mol. The Morgan fingerprint density at radius 3 is 2.32 bits per heavy atom. The molecule has 0 radical (unpaired) electrons. The highest BCUT2D eigenvalue weighted by molar-refractivity contribution is 5.14. The number of benzene rings is 1. The molecule has 102 valence electrons. The zero-order valence-electron chi connectivity index (χ0n) is 11.6. The highest BCUT2D eigenvalue weighted by Crippen LogP contribution is 2.07. The van der Waals surface area contributed by atoms with Gasteiger partial charge in [-0.2, -0.15) is 5.26 Å². The molecule has 19 heavy (non-hydrogen) atoms. The number of piperazine rings is 1. The monoisotopic (exact) mass is 257 g/mol. The zero-order chi connectivity index (χ0) is 13.3. The van der Waals surface area contributed by atoms with Crippen LogP contribution in [0.5, 0.6) is 0 Å². The summed E-state index contributed by atoms with van der Waals surface area (Å²) in [6.45, 7) is 6.12. The number of hydrogen-bond acceptors (Lipinski definition) is 3. The van der Waals surface area contributed by atoms with Crippen LogP contribution < -0.4 is 0 Å². The van der Waals surface area contributed by atoms with Gasteiger partial charge in [0.1, 0.15) is 0 Å². The fourth-order valence-corrected chi connectivity index (χ4v) is 2.58. The lowest BCUT2D eigenvalue weighted by atomic mass is 10.1. The average molecular weight is 257 g/mol. The fourth-order valence-electron chi connectivity index (χ4n) is 2.58. The van der Waals surface area contributed by atoms with E-state index >= 15 is 0 Å². The second-order valence-corrected chi connectivity index (χ2v) is 5.22. The first-order valence-corrected chi connectivity index (χ1v) is 7.24. The summed E-state index contributed by atoms with van der Waals surface area (Å²) in [7, 11) is 0. The van der Waals surface area contributed by atoms with Gasteiger partial charge in [0, 0.05) is 26.2 Å². The molecule has 0 unspecified atom stereocenters. The predicted octanol–water partition coefficient (Wildman–Crippen LogP) is 2.15. The average Bonchev–Trinajstić information content (AvgIpc) is 2.47. The summed E-state index contributed by atoms with van der Waals surface area (Å²) < 4.78 is 0. The molecule has 3 nitrogen and oxygen atoms in total. The van der Waals surface area contributed by atoms with E-state index in [1.54, 1.807) is 0 Å². The van der Waals surface area contributed by atoms with Crippen LogP contribution in [-0.4, -0.2) is 49.1 Å². The summed E-state index contributed by atoms with van der Waals surface area (Å²) in [6.07, 6.45) is 3.73. The van der Waals surface area contributed by atoms with Crippen molar-refractivity contribution in [3.63, 3.8) is 0 Å². The molecule has 0 atom stereocenters. The van der Waals surface area contributed by atoms with Gasteiger partial charge in [-0.3, -0.25) is 4.90 Å². The van der Waals surface area contributed by atoms with Gasteiger partial charge < -0.3 is 4.90 Å². The Balaban J connectivity index is 1.56. The number of unbranched alkanes of at least 4 members (excludes halogenated alkanes) is 1. The van der Waals surface area contributed by atoms with Crippen LogP contribution >= 0.6 is 0 Å². The molecule has 1 aliphatic rings. The minimum atomic E-state index is 0.585. The van der Waals surface area contributed by atoms with Crippen molar-refractivity contribution in [3.8, 4) is 6.07 Å². The summed E-state index contributed by atoms with van der Waals surface area (Å²) in [4.78, 5) is 4.76. The summed E-state index contributed by atoms with van der Waals surface area (Å²) in [5.41, 5.74) is 1.45. The molecule has 2 rings (SSSR count). The van der Waals surface area contributed by atoms with Gasteiger partial charge in [0.15, 0.2) is 0 Å². The molecule has 1 saturated heterocycles. The Bertz CT molecular complexity index is 388. The molecule has 3 heteroatoms. The molecule has 0 bridgehead atoms. The van der Waals surface area contributed by atoms with Crippen LogP contribution in [0.25, 0.3) is 0 Å². The summed E-state index contributed by atoms with van der Waals surface area (Å²) in [5, 5.41) is 8.66. The summed E-state index contributed by atoms with van der Waals surface area (Å²) >= 11 is 0. The molecule has 0 saturated carbocycles. The number of rotatable bonds is 6. The Kier molecular flexibility index (Phi) is 5.87. The fraction of sp³-hybridized carbons (Fsp3) is 0.562. The molecule has 1 fully saturated rings. The first-order valence-electron chi connectivity index (χ1n) is 7.24. The van der Waals surface area contributed by atoms with E-state index in [4.69, 9.17) is 5.26 Å². The third-order valence-electron chi connectivity index (χ3n) is 3.79. The molecule has 0 aliphatic carbocycles. The second kappa shape index (κ2) is 7.93. The maximum atomic E-state index is 8.66. The first-order chi connectivity index (χ1) is 9.38. The van der Waals surface area contributed by atoms with Crippen molar-refractivity contribution >= 4 is 0 Å². The zero-order valence-corrected chi connectivity index (χ0v) is 11.6. The van der Waals surface area contributed by atoms with E-state index < -0.39 is 0 Å². The van der Waals surface area contributed by atoms with Gasteiger partial charge >= 0.3 is 0 Å². The van der Waals surface area contributed by atoms with Crippen molar-refractivity contribution in [2.24, 2.45) is 0 Å². The lowest BCUT2D eigenvalue weighted by Crippen LogP contribution is -2.46.